The molecule has 0 aliphatic heterocycles. The second-order valence-electron chi connectivity index (χ2n) is 15.9. The molecule has 0 saturated carbocycles. The molecule has 0 aliphatic rings. The molecule has 3 atom stereocenters. The maximum atomic E-state index is 14.0. The van der Waals surface area contributed by atoms with Crippen molar-refractivity contribution in [3.05, 3.63) is 58.6 Å². The summed E-state index contributed by atoms with van der Waals surface area (Å²) in [4.78, 5) is 51.9. The van der Waals surface area contributed by atoms with Crippen LogP contribution < -0.4 is 27.4 Å². The van der Waals surface area contributed by atoms with Crippen molar-refractivity contribution in [2.24, 2.45) is 11.5 Å². The van der Waals surface area contributed by atoms with Gasteiger partial charge >= 0.3 is 0 Å². The number of carbonyl (C=O) groups is 4. The molecule has 0 unspecified atom stereocenters. The van der Waals surface area contributed by atoms with E-state index in [4.69, 9.17) is 34.7 Å². The number of nitrogens with two attached hydrogens (primary N) is 2. The highest BCUT2D eigenvalue weighted by Gasteiger charge is 2.35. The first kappa shape index (κ1) is 55.8. The standard InChI is InChI=1S/C44H71Cl2N7O8S2/c1-4-5-6-7-8-9-10-11-12-13-14-15-16-20-41(54)51-40(19-17-18-29-47)44(57)50-31-33-53(63(60,61)39-27-23-37(46)24-28-39)35(3)43(56)49-30-32-52(34(2)42(48)55)62(58,59)38-25-21-36(45)22-26-38/h21-28,34-35,40H,4-20,29-33,47H2,1-3H3,(H2,48,55)(H,49,56)(H,50,57)(H,51,54)/t34-,35-,40-/m0/s1. The monoisotopic (exact) mass is 959 g/mol. The highest BCUT2D eigenvalue weighted by molar-refractivity contribution is 7.89. The van der Waals surface area contributed by atoms with E-state index in [0.29, 0.717) is 42.3 Å². The normalized spacial score (nSPS) is 13.4. The van der Waals surface area contributed by atoms with Gasteiger partial charge in [-0.1, -0.05) is 107 Å². The number of benzene rings is 2. The fourth-order valence-corrected chi connectivity index (χ4v) is 10.4. The van der Waals surface area contributed by atoms with E-state index in [1.54, 1.807) is 0 Å². The van der Waals surface area contributed by atoms with E-state index < -0.39 is 55.9 Å². The lowest BCUT2D eigenvalue weighted by Gasteiger charge is -2.29. The van der Waals surface area contributed by atoms with Crippen molar-refractivity contribution in [3.8, 4) is 0 Å². The van der Waals surface area contributed by atoms with Crippen LogP contribution >= 0.6 is 23.2 Å². The Hall–Kier alpha value is -3.32. The molecule has 0 heterocycles. The van der Waals surface area contributed by atoms with Crippen LogP contribution in [0, 0.1) is 0 Å². The summed E-state index contributed by atoms with van der Waals surface area (Å²) in [6.45, 7) is 4.05. The highest BCUT2D eigenvalue weighted by atomic mass is 35.5. The topological polar surface area (TPSA) is 231 Å². The first-order chi connectivity index (χ1) is 30.0. The maximum Gasteiger partial charge on any atom is 0.243 e. The third-order valence-electron chi connectivity index (χ3n) is 10.9. The Morgan fingerprint density at radius 3 is 1.44 bits per heavy atom. The van der Waals surface area contributed by atoms with Gasteiger partial charge in [-0.25, -0.2) is 16.8 Å². The summed E-state index contributed by atoms with van der Waals surface area (Å²) in [5.41, 5.74) is 11.2. The third-order valence-corrected chi connectivity index (χ3v) is 15.3. The Morgan fingerprint density at radius 1 is 0.603 bits per heavy atom. The molecule has 2 aromatic rings. The second kappa shape index (κ2) is 30.0. The van der Waals surface area contributed by atoms with Gasteiger partial charge in [-0.15, -0.1) is 0 Å². The zero-order valence-corrected chi connectivity index (χ0v) is 40.4. The van der Waals surface area contributed by atoms with Crippen LogP contribution in [0.5, 0.6) is 0 Å². The van der Waals surface area contributed by atoms with Crippen molar-refractivity contribution in [2.45, 2.75) is 158 Å². The predicted molar refractivity (Wildman–Crippen MR) is 250 cm³/mol. The third kappa shape index (κ3) is 20.2. The summed E-state index contributed by atoms with van der Waals surface area (Å²) in [7, 11) is -8.66. The Kier molecular flexibility index (Phi) is 26.6. The minimum atomic E-state index is -4.37. The summed E-state index contributed by atoms with van der Waals surface area (Å²) in [5, 5.41) is 8.75. The molecular weight excluding hydrogens is 890 g/mol. The number of halogens is 2. The number of nitrogens with one attached hydrogen (secondary N) is 3. The molecule has 63 heavy (non-hydrogen) atoms. The van der Waals surface area contributed by atoms with Crippen LogP contribution in [-0.4, -0.2) is 99.9 Å². The van der Waals surface area contributed by atoms with E-state index in [2.05, 4.69) is 22.9 Å². The maximum absolute atomic E-state index is 14.0. The van der Waals surface area contributed by atoms with Crippen molar-refractivity contribution < 1.29 is 36.0 Å². The number of hydrogen-bond acceptors (Lipinski definition) is 9. The minimum absolute atomic E-state index is 0.155. The number of sulfonamides is 2. The molecule has 0 saturated heterocycles. The Bertz CT molecular complexity index is 1910. The number of amides is 4. The summed E-state index contributed by atoms with van der Waals surface area (Å²) in [6, 6.07) is 7.13. The van der Waals surface area contributed by atoms with Gasteiger partial charge in [0.2, 0.25) is 43.7 Å². The lowest BCUT2D eigenvalue weighted by Crippen LogP contribution is -2.53. The van der Waals surface area contributed by atoms with Crippen LogP contribution in [0.1, 0.15) is 130 Å². The number of primary amides is 1. The van der Waals surface area contributed by atoms with Gasteiger partial charge in [-0.05, 0) is 94.6 Å². The molecule has 0 bridgehead atoms. The van der Waals surface area contributed by atoms with E-state index in [1.165, 1.54) is 120 Å². The predicted octanol–water partition coefficient (Wildman–Crippen LogP) is 6.26. The van der Waals surface area contributed by atoms with Gasteiger partial charge in [0.25, 0.3) is 0 Å². The van der Waals surface area contributed by atoms with E-state index >= 15 is 0 Å². The number of hydrogen-bond donors (Lipinski definition) is 5. The largest absolute Gasteiger partial charge is 0.368 e. The van der Waals surface area contributed by atoms with Gasteiger partial charge in [0.05, 0.1) is 9.79 Å². The summed E-state index contributed by atoms with van der Waals surface area (Å²) in [6.07, 6.45) is 17.2. The van der Waals surface area contributed by atoms with Crippen LogP contribution in [-0.2, 0) is 39.2 Å². The number of unbranched alkanes of at least 4 members (excludes halogenated alkanes) is 13. The summed E-state index contributed by atoms with van der Waals surface area (Å²) < 4.78 is 56.8. The summed E-state index contributed by atoms with van der Waals surface area (Å²) in [5.74, 6) is -2.45. The zero-order chi connectivity index (χ0) is 46.8. The van der Waals surface area contributed by atoms with Gasteiger partial charge < -0.3 is 27.4 Å². The smallest absolute Gasteiger partial charge is 0.243 e. The van der Waals surface area contributed by atoms with E-state index in [0.717, 1.165) is 27.9 Å². The van der Waals surface area contributed by atoms with Crippen molar-refractivity contribution in [2.75, 3.05) is 32.7 Å². The molecule has 0 aliphatic carbocycles. The molecule has 2 rings (SSSR count). The van der Waals surface area contributed by atoms with E-state index in [1.807, 2.05) is 0 Å². The van der Waals surface area contributed by atoms with Gasteiger partial charge in [-0.2, -0.15) is 8.61 Å². The van der Waals surface area contributed by atoms with E-state index in [-0.39, 0.29) is 48.3 Å². The molecular formula is C44H71Cl2N7O8S2. The lowest BCUT2D eigenvalue weighted by atomic mass is 10.0. The van der Waals surface area contributed by atoms with Gasteiger partial charge in [0, 0.05) is 42.6 Å². The molecule has 356 valence electrons. The molecule has 2 aromatic carbocycles. The first-order valence-electron chi connectivity index (χ1n) is 22.4. The first-order valence-corrected chi connectivity index (χ1v) is 26.0. The second-order valence-corrected chi connectivity index (χ2v) is 20.5. The summed E-state index contributed by atoms with van der Waals surface area (Å²) >= 11 is 12.0. The van der Waals surface area contributed by atoms with Crippen LogP contribution in [0.2, 0.25) is 10.0 Å². The molecule has 0 spiro atoms. The zero-order valence-electron chi connectivity index (χ0n) is 37.3. The highest BCUT2D eigenvalue weighted by Crippen LogP contribution is 2.22. The SMILES string of the molecule is CCCCCCCCCCCCCCCC(=O)N[C@@H](CCCCN)C(=O)NCCN([C@@H](C)C(=O)NCCN([C@@H](C)C(N)=O)S(=O)(=O)c1ccc(Cl)cc1)S(=O)(=O)c1ccc(Cl)cc1. The average Bonchev–Trinajstić information content (AvgIpc) is 3.24. The molecule has 0 fully saturated rings. The molecule has 0 radical (unpaired) electrons. The van der Waals surface area contributed by atoms with Gasteiger partial charge in [-0.3, -0.25) is 19.2 Å². The van der Waals surface area contributed by atoms with Crippen LogP contribution in [0.3, 0.4) is 0 Å². The number of carbonyl (C=O) groups excluding carboxylic acids is 4. The molecule has 15 nitrogen and oxygen atoms in total. The van der Waals surface area contributed by atoms with Gasteiger partial charge in [0.15, 0.2) is 0 Å². The van der Waals surface area contributed by atoms with Crippen molar-refractivity contribution in [1.29, 1.82) is 0 Å². The number of nitrogens with zero attached hydrogens (tertiary/aromatic N) is 2. The van der Waals surface area contributed by atoms with Gasteiger partial charge in [0.1, 0.15) is 18.1 Å². The molecule has 0 aromatic heterocycles. The molecule has 4 amide bonds. The van der Waals surface area contributed by atoms with Crippen molar-refractivity contribution >= 4 is 66.9 Å². The van der Waals surface area contributed by atoms with E-state index in [9.17, 15) is 36.0 Å². The Labute approximate surface area is 386 Å². The Morgan fingerprint density at radius 2 is 1.02 bits per heavy atom. The Balaban J connectivity index is 2.06. The minimum Gasteiger partial charge on any atom is -0.368 e. The average molecular weight is 961 g/mol. The van der Waals surface area contributed by atoms with Crippen LogP contribution in [0.4, 0.5) is 0 Å². The fraction of sp³-hybridized carbons (Fsp3) is 0.636. The number of rotatable bonds is 34. The lowest BCUT2D eigenvalue weighted by molar-refractivity contribution is -0.129. The van der Waals surface area contributed by atoms with Crippen LogP contribution in [0.25, 0.3) is 0 Å². The fourth-order valence-electron chi connectivity index (χ4n) is 6.98. The van der Waals surface area contributed by atoms with Crippen molar-refractivity contribution in [1.82, 2.24) is 24.6 Å². The van der Waals surface area contributed by atoms with Crippen molar-refractivity contribution in [3.63, 3.8) is 0 Å². The molecule has 19 heteroatoms. The molecule has 7 N–H and O–H groups in total. The quantitative estimate of drug-likeness (QED) is 0.0498. The van der Waals surface area contributed by atoms with Crippen LogP contribution in [0.15, 0.2) is 58.3 Å².